The monoisotopic (exact) mass is 355 g/mol. The van der Waals surface area contributed by atoms with Crippen molar-refractivity contribution in [3.63, 3.8) is 0 Å². The fourth-order valence-electron chi connectivity index (χ4n) is 3.70. The highest BCUT2D eigenvalue weighted by Crippen LogP contribution is 2.25. The molecule has 0 spiro atoms. The number of imidazole rings is 1. The van der Waals surface area contributed by atoms with Gasteiger partial charge in [0.25, 0.3) is 0 Å². The summed E-state index contributed by atoms with van der Waals surface area (Å²) in [5, 5.41) is 8.18. The molecule has 0 radical (unpaired) electrons. The van der Waals surface area contributed by atoms with E-state index in [2.05, 4.69) is 80.2 Å². The van der Waals surface area contributed by atoms with Gasteiger partial charge >= 0.3 is 0 Å². The Kier molecular flexibility index (Phi) is 4.07. The number of rotatable bonds is 4. The maximum absolute atomic E-state index is 4.79. The summed E-state index contributed by atoms with van der Waals surface area (Å²) in [5.74, 6) is 0.886. The molecule has 4 aromatic rings. The number of aromatic nitrogens is 4. The van der Waals surface area contributed by atoms with Crippen LogP contribution in [0.5, 0.6) is 0 Å². The molecule has 0 saturated carbocycles. The number of para-hydroxylation sites is 1. The maximum Gasteiger partial charge on any atom is 0.165 e. The predicted molar refractivity (Wildman–Crippen MR) is 106 cm³/mol. The Bertz CT molecular complexity index is 1040. The molecule has 0 atom stereocenters. The molecule has 2 aromatic heterocycles. The van der Waals surface area contributed by atoms with Gasteiger partial charge in [-0.1, -0.05) is 48.5 Å². The summed E-state index contributed by atoms with van der Waals surface area (Å²) in [4.78, 5) is 4.62. The topological polar surface area (TPSA) is 47.7 Å². The fraction of sp³-hybridized carbons (Fsp3) is 0.182. The molecule has 3 heterocycles. The van der Waals surface area contributed by atoms with Crippen LogP contribution in [-0.2, 0) is 19.5 Å². The van der Waals surface area contributed by atoms with Crippen molar-refractivity contribution in [3.8, 4) is 17.2 Å². The zero-order valence-corrected chi connectivity index (χ0v) is 15.0. The normalized spacial score (nSPS) is 13.5. The van der Waals surface area contributed by atoms with Crippen molar-refractivity contribution in [2.45, 2.75) is 19.5 Å². The minimum Gasteiger partial charge on any atom is -0.309 e. The molecule has 0 unspecified atom stereocenters. The molecule has 1 aliphatic rings. The van der Waals surface area contributed by atoms with Crippen molar-refractivity contribution in [2.24, 2.45) is 0 Å². The van der Waals surface area contributed by atoms with E-state index >= 15 is 0 Å². The third-order valence-electron chi connectivity index (χ3n) is 5.03. The van der Waals surface area contributed by atoms with Gasteiger partial charge in [0.05, 0.1) is 17.9 Å². The predicted octanol–water partition coefficient (Wildman–Crippen LogP) is 3.43. The SMILES string of the molecule is c1ccc(Cc2ccccc2-n2ccnc2-c2cc3n(n2)CCNC3)cc1. The van der Waals surface area contributed by atoms with Gasteiger partial charge < -0.3 is 5.32 Å². The molecule has 0 aliphatic carbocycles. The van der Waals surface area contributed by atoms with E-state index in [1.807, 2.05) is 12.4 Å². The Morgan fingerprint density at radius 3 is 2.74 bits per heavy atom. The largest absolute Gasteiger partial charge is 0.309 e. The van der Waals surface area contributed by atoms with Gasteiger partial charge in [-0.2, -0.15) is 5.10 Å². The third-order valence-corrected chi connectivity index (χ3v) is 5.03. The lowest BCUT2D eigenvalue weighted by Crippen LogP contribution is -2.28. The number of nitrogens with one attached hydrogen (secondary N) is 1. The van der Waals surface area contributed by atoms with Gasteiger partial charge in [0.2, 0.25) is 0 Å². The molecule has 0 bridgehead atoms. The van der Waals surface area contributed by atoms with E-state index in [9.17, 15) is 0 Å². The van der Waals surface area contributed by atoms with Crippen LogP contribution in [0.3, 0.4) is 0 Å². The van der Waals surface area contributed by atoms with Crippen LogP contribution < -0.4 is 5.32 Å². The van der Waals surface area contributed by atoms with Gasteiger partial charge in [-0.15, -0.1) is 0 Å². The van der Waals surface area contributed by atoms with E-state index in [0.717, 1.165) is 43.3 Å². The van der Waals surface area contributed by atoms with E-state index in [0.29, 0.717) is 0 Å². The van der Waals surface area contributed by atoms with Gasteiger partial charge in [-0.25, -0.2) is 4.98 Å². The summed E-state index contributed by atoms with van der Waals surface area (Å²) in [6.07, 6.45) is 4.76. The van der Waals surface area contributed by atoms with Gasteiger partial charge in [-0.05, 0) is 29.7 Å². The van der Waals surface area contributed by atoms with E-state index in [1.165, 1.54) is 16.8 Å². The number of hydrogen-bond acceptors (Lipinski definition) is 3. The Morgan fingerprint density at radius 1 is 1.00 bits per heavy atom. The first kappa shape index (κ1) is 16.0. The van der Waals surface area contributed by atoms with Crippen molar-refractivity contribution in [1.82, 2.24) is 24.6 Å². The van der Waals surface area contributed by atoms with Crippen LogP contribution in [0.4, 0.5) is 0 Å². The Labute approximate surface area is 158 Å². The number of fused-ring (bicyclic) bond motifs is 1. The van der Waals surface area contributed by atoms with Crippen LogP contribution in [0.1, 0.15) is 16.8 Å². The van der Waals surface area contributed by atoms with Crippen molar-refractivity contribution >= 4 is 0 Å². The molecule has 1 aliphatic heterocycles. The molecular formula is C22H21N5. The Morgan fingerprint density at radius 2 is 1.85 bits per heavy atom. The summed E-state index contributed by atoms with van der Waals surface area (Å²) >= 11 is 0. The first-order valence-corrected chi connectivity index (χ1v) is 9.32. The molecule has 1 N–H and O–H groups in total. The van der Waals surface area contributed by atoms with Crippen LogP contribution in [0.15, 0.2) is 73.1 Å². The van der Waals surface area contributed by atoms with E-state index < -0.39 is 0 Å². The van der Waals surface area contributed by atoms with Crippen LogP contribution in [-0.4, -0.2) is 25.9 Å². The van der Waals surface area contributed by atoms with Crippen molar-refractivity contribution in [3.05, 3.63) is 89.9 Å². The molecule has 2 aromatic carbocycles. The van der Waals surface area contributed by atoms with Crippen molar-refractivity contribution < 1.29 is 0 Å². The van der Waals surface area contributed by atoms with E-state index in [-0.39, 0.29) is 0 Å². The van der Waals surface area contributed by atoms with Crippen LogP contribution in [0.2, 0.25) is 0 Å². The summed E-state index contributed by atoms with van der Waals surface area (Å²) < 4.78 is 4.24. The average molecular weight is 355 g/mol. The van der Waals surface area contributed by atoms with Crippen LogP contribution in [0.25, 0.3) is 17.2 Å². The number of hydrogen-bond donors (Lipinski definition) is 1. The number of benzene rings is 2. The fourth-order valence-corrected chi connectivity index (χ4v) is 3.70. The van der Waals surface area contributed by atoms with Gasteiger partial charge in [0.1, 0.15) is 5.69 Å². The quantitative estimate of drug-likeness (QED) is 0.610. The lowest BCUT2D eigenvalue weighted by atomic mass is 10.0. The highest BCUT2D eigenvalue weighted by atomic mass is 15.3. The molecule has 5 nitrogen and oxygen atoms in total. The van der Waals surface area contributed by atoms with Gasteiger partial charge in [0, 0.05) is 25.5 Å². The second kappa shape index (κ2) is 6.85. The van der Waals surface area contributed by atoms with Crippen LogP contribution >= 0.6 is 0 Å². The van der Waals surface area contributed by atoms with Crippen molar-refractivity contribution in [1.29, 1.82) is 0 Å². The zero-order chi connectivity index (χ0) is 18.1. The first-order chi connectivity index (χ1) is 13.4. The minimum absolute atomic E-state index is 0.859. The van der Waals surface area contributed by atoms with Crippen LogP contribution in [0, 0.1) is 0 Å². The standard InChI is InChI=1S/C22H21N5/c1-2-6-17(7-3-1)14-18-8-4-5-9-21(18)26-12-11-24-22(26)20-15-19-16-23-10-13-27(19)25-20/h1-9,11-12,15,23H,10,13-14,16H2. The molecule has 0 amide bonds. The summed E-state index contributed by atoms with van der Waals surface area (Å²) in [7, 11) is 0. The Balaban J connectivity index is 1.55. The molecular weight excluding hydrogens is 334 g/mol. The summed E-state index contributed by atoms with van der Waals surface area (Å²) in [6.45, 7) is 2.72. The lowest BCUT2D eigenvalue weighted by molar-refractivity contribution is 0.476. The Hall–Kier alpha value is -3.18. The highest BCUT2D eigenvalue weighted by molar-refractivity contribution is 5.57. The molecule has 5 rings (SSSR count). The minimum atomic E-state index is 0.859. The van der Waals surface area contributed by atoms with Gasteiger partial charge in [0.15, 0.2) is 5.82 Å². The summed E-state index contributed by atoms with van der Waals surface area (Å²) in [5.41, 5.74) is 5.86. The molecule has 5 heteroatoms. The third kappa shape index (κ3) is 3.06. The first-order valence-electron chi connectivity index (χ1n) is 9.32. The maximum atomic E-state index is 4.79. The van der Waals surface area contributed by atoms with E-state index in [4.69, 9.17) is 5.10 Å². The number of nitrogens with zero attached hydrogens (tertiary/aromatic N) is 4. The van der Waals surface area contributed by atoms with Crippen molar-refractivity contribution in [2.75, 3.05) is 6.54 Å². The second-order valence-corrected chi connectivity index (χ2v) is 6.83. The molecule has 134 valence electrons. The average Bonchev–Trinajstić information content (AvgIpc) is 3.36. The highest BCUT2D eigenvalue weighted by Gasteiger charge is 2.17. The molecule has 27 heavy (non-hydrogen) atoms. The van der Waals surface area contributed by atoms with Gasteiger partial charge in [-0.3, -0.25) is 9.25 Å². The second-order valence-electron chi connectivity index (χ2n) is 6.83. The zero-order valence-electron chi connectivity index (χ0n) is 15.0. The lowest BCUT2D eigenvalue weighted by Gasteiger charge is -2.13. The summed E-state index contributed by atoms with van der Waals surface area (Å²) in [6, 6.07) is 21.2. The smallest absolute Gasteiger partial charge is 0.165 e. The molecule has 0 saturated heterocycles. The van der Waals surface area contributed by atoms with E-state index in [1.54, 1.807) is 0 Å². The molecule has 0 fully saturated rings.